The number of hydrogen-bond acceptors (Lipinski definition) is 1. The van der Waals surface area contributed by atoms with Gasteiger partial charge in [0.15, 0.2) is 5.78 Å². The van der Waals surface area contributed by atoms with E-state index >= 15 is 0 Å². The summed E-state index contributed by atoms with van der Waals surface area (Å²) in [6, 6.07) is 13.1. The lowest BCUT2D eigenvalue weighted by molar-refractivity contribution is 0.0992. The minimum atomic E-state index is 0.0988. The highest BCUT2D eigenvalue weighted by Gasteiger charge is 2.10. The van der Waals surface area contributed by atoms with Crippen LogP contribution in [0, 0.1) is 6.92 Å². The first kappa shape index (κ1) is 13.3. The van der Waals surface area contributed by atoms with Crippen LogP contribution in [0.15, 0.2) is 46.9 Å². The smallest absolute Gasteiger partial charge is 0.167 e. The van der Waals surface area contributed by atoms with E-state index in [1.165, 1.54) is 0 Å². The van der Waals surface area contributed by atoms with Gasteiger partial charge in [-0.3, -0.25) is 4.79 Å². The number of halogens is 2. The minimum Gasteiger partial charge on any atom is -0.294 e. The van der Waals surface area contributed by atoms with Crippen LogP contribution < -0.4 is 0 Å². The molecule has 0 fully saturated rings. The molecule has 2 rings (SSSR count). The first-order chi connectivity index (χ1) is 8.58. The molecule has 1 nitrogen and oxygen atoms in total. The average Bonchev–Trinajstić information content (AvgIpc) is 2.35. The van der Waals surface area contributed by atoms with Crippen LogP contribution in [-0.4, -0.2) is 5.78 Å². The van der Waals surface area contributed by atoms with Gasteiger partial charge in [0.25, 0.3) is 0 Å². The number of Topliss-reactive ketones (excluding diaryl/α,β-unsaturated/α-hetero) is 1. The fourth-order valence-electron chi connectivity index (χ4n) is 1.73. The average molecular weight is 324 g/mol. The Labute approximate surface area is 120 Å². The number of ketones is 1. The summed E-state index contributed by atoms with van der Waals surface area (Å²) in [4.78, 5) is 12.2. The molecule has 0 spiro atoms. The van der Waals surface area contributed by atoms with Crippen LogP contribution in [0.3, 0.4) is 0 Å². The molecule has 0 saturated heterocycles. The molecule has 0 saturated carbocycles. The number of carbonyl (C=O) groups is 1. The predicted octanol–water partition coefficient (Wildman–Crippen LogP) is 4.84. The zero-order chi connectivity index (χ0) is 13.1. The Balaban J connectivity index is 2.22. The molecule has 0 aliphatic heterocycles. The number of hydrogen-bond donors (Lipinski definition) is 0. The van der Waals surface area contributed by atoms with Gasteiger partial charge in [-0.1, -0.05) is 45.7 Å². The van der Waals surface area contributed by atoms with Gasteiger partial charge >= 0.3 is 0 Å². The minimum absolute atomic E-state index is 0.0988. The molecule has 0 atom stereocenters. The van der Waals surface area contributed by atoms with E-state index in [1.807, 2.05) is 37.3 Å². The van der Waals surface area contributed by atoms with Crippen LogP contribution in [0.4, 0.5) is 0 Å². The Bertz CT molecular complexity index is 593. The lowest BCUT2D eigenvalue weighted by Crippen LogP contribution is -2.04. The Kier molecular flexibility index (Phi) is 4.20. The van der Waals surface area contributed by atoms with Crippen LogP contribution >= 0.6 is 27.5 Å². The Hall–Kier alpha value is -1.12. The largest absolute Gasteiger partial charge is 0.294 e. The van der Waals surface area contributed by atoms with Gasteiger partial charge in [0, 0.05) is 21.5 Å². The Morgan fingerprint density at radius 2 is 1.94 bits per heavy atom. The second-order valence-electron chi connectivity index (χ2n) is 4.16. The van der Waals surface area contributed by atoms with Gasteiger partial charge in [0.05, 0.1) is 0 Å². The van der Waals surface area contributed by atoms with E-state index in [0.29, 0.717) is 17.0 Å². The molecule has 0 amide bonds. The topological polar surface area (TPSA) is 17.1 Å². The molecular formula is C15H12BrClO. The first-order valence-corrected chi connectivity index (χ1v) is 6.78. The molecule has 0 bridgehead atoms. The van der Waals surface area contributed by atoms with E-state index in [2.05, 4.69) is 15.9 Å². The molecule has 0 aliphatic carbocycles. The number of benzene rings is 2. The van der Waals surface area contributed by atoms with Crippen molar-refractivity contribution in [2.45, 2.75) is 13.3 Å². The van der Waals surface area contributed by atoms with E-state index in [1.54, 1.807) is 12.1 Å². The van der Waals surface area contributed by atoms with Gasteiger partial charge in [-0.2, -0.15) is 0 Å². The second-order valence-corrected chi connectivity index (χ2v) is 5.42. The third-order valence-electron chi connectivity index (χ3n) is 2.79. The third kappa shape index (κ3) is 3.01. The number of carbonyl (C=O) groups excluding carboxylic acids is 1. The molecule has 3 heteroatoms. The summed E-state index contributed by atoms with van der Waals surface area (Å²) < 4.78 is 0.962. The maximum absolute atomic E-state index is 12.2. The van der Waals surface area contributed by atoms with Gasteiger partial charge < -0.3 is 0 Å². The number of rotatable bonds is 3. The molecule has 0 unspecified atom stereocenters. The summed E-state index contributed by atoms with van der Waals surface area (Å²) in [5, 5.41) is 0.687. The molecule has 2 aromatic rings. The molecule has 0 radical (unpaired) electrons. The fraction of sp³-hybridized carbons (Fsp3) is 0.133. The number of aryl methyl sites for hydroxylation is 1. The predicted molar refractivity (Wildman–Crippen MR) is 78.4 cm³/mol. The molecular weight excluding hydrogens is 312 g/mol. The molecule has 92 valence electrons. The van der Waals surface area contributed by atoms with Crippen LogP contribution in [-0.2, 0) is 6.42 Å². The standard InChI is InChI=1S/C15H12BrClO/c1-10-8-12(6-7-14(10)17)15(18)9-11-4-2-3-5-13(11)16/h2-8H,9H2,1H3. The SMILES string of the molecule is Cc1cc(C(=O)Cc2ccccc2Br)ccc1Cl. The van der Waals surface area contributed by atoms with Crippen molar-refractivity contribution in [2.75, 3.05) is 0 Å². The first-order valence-electron chi connectivity index (χ1n) is 5.60. The van der Waals surface area contributed by atoms with Gasteiger partial charge in [0.1, 0.15) is 0 Å². The summed E-state index contributed by atoms with van der Waals surface area (Å²) in [7, 11) is 0. The van der Waals surface area contributed by atoms with E-state index < -0.39 is 0 Å². The van der Waals surface area contributed by atoms with E-state index in [4.69, 9.17) is 11.6 Å². The maximum Gasteiger partial charge on any atom is 0.167 e. The molecule has 0 aliphatic rings. The van der Waals surface area contributed by atoms with Crippen molar-refractivity contribution in [1.29, 1.82) is 0 Å². The summed E-state index contributed by atoms with van der Waals surface area (Å²) in [6.07, 6.45) is 0.391. The Morgan fingerprint density at radius 3 is 2.61 bits per heavy atom. The molecule has 18 heavy (non-hydrogen) atoms. The van der Waals surface area contributed by atoms with E-state index in [-0.39, 0.29) is 5.78 Å². The third-order valence-corrected chi connectivity index (χ3v) is 3.99. The Morgan fingerprint density at radius 1 is 1.22 bits per heavy atom. The quantitative estimate of drug-likeness (QED) is 0.739. The molecule has 0 N–H and O–H groups in total. The summed E-state index contributed by atoms with van der Waals surface area (Å²) in [5.41, 5.74) is 2.62. The highest BCUT2D eigenvalue weighted by atomic mass is 79.9. The summed E-state index contributed by atoms with van der Waals surface area (Å²) >= 11 is 9.40. The molecule has 0 heterocycles. The zero-order valence-electron chi connectivity index (χ0n) is 9.91. The van der Waals surface area contributed by atoms with Gasteiger partial charge in [-0.15, -0.1) is 0 Å². The van der Waals surface area contributed by atoms with Crippen molar-refractivity contribution >= 4 is 33.3 Å². The van der Waals surface area contributed by atoms with Crippen molar-refractivity contribution in [3.05, 3.63) is 68.7 Å². The summed E-state index contributed by atoms with van der Waals surface area (Å²) in [6.45, 7) is 1.90. The van der Waals surface area contributed by atoms with Crippen molar-refractivity contribution in [2.24, 2.45) is 0 Å². The van der Waals surface area contributed by atoms with Gasteiger partial charge in [-0.25, -0.2) is 0 Å². The van der Waals surface area contributed by atoms with Crippen LogP contribution in [0.25, 0.3) is 0 Å². The van der Waals surface area contributed by atoms with Crippen molar-refractivity contribution < 1.29 is 4.79 Å². The van der Waals surface area contributed by atoms with E-state index in [0.717, 1.165) is 15.6 Å². The van der Waals surface area contributed by atoms with Gasteiger partial charge in [-0.05, 0) is 42.3 Å². The highest BCUT2D eigenvalue weighted by Crippen LogP contribution is 2.20. The lowest BCUT2D eigenvalue weighted by atomic mass is 10.0. The molecule has 2 aromatic carbocycles. The summed E-state index contributed by atoms with van der Waals surface area (Å²) in [5.74, 6) is 0.0988. The van der Waals surface area contributed by atoms with Gasteiger partial charge in [0.2, 0.25) is 0 Å². The maximum atomic E-state index is 12.2. The normalized spacial score (nSPS) is 10.4. The lowest BCUT2D eigenvalue weighted by Gasteiger charge is -2.05. The van der Waals surface area contributed by atoms with Crippen molar-refractivity contribution in [3.63, 3.8) is 0 Å². The second kappa shape index (κ2) is 5.68. The van der Waals surface area contributed by atoms with Crippen LogP contribution in [0.5, 0.6) is 0 Å². The van der Waals surface area contributed by atoms with Crippen molar-refractivity contribution in [3.8, 4) is 0 Å². The van der Waals surface area contributed by atoms with Crippen molar-refractivity contribution in [1.82, 2.24) is 0 Å². The zero-order valence-corrected chi connectivity index (χ0v) is 12.3. The monoisotopic (exact) mass is 322 g/mol. The van der Waals surface area contributed by atoms with Crippen LogP contribution in [0.1, 0.15) is 21.5 Å². The fourth-order valence-corrected chi connectivity index (χ4v) is 2.28. The van der Waals surface area contributed by atoms with E-state index in [9.17, 15) is 4.79 Å². The molecule has 0 aromatic heterocycles. The highest BCUT2D eigenvalue weighted by molar-refractivity contribution is 9.10. The van der Waals surface area contributed by atoms with Crippen LogP contribution in [0.2, 0.25) is 5.02 Å².